The quantitative estimate of drug-likeness (QED) is 0.814. The number of likely N-dealkylation sites (tertiary alicyclic amines) is 1. The minimum atomic E-state index is 0. The Bertz CT molecular complexity index is 497. The smallest absolute Gasteiger partial charge is 0.264 e. The average Bonchev–Trinajstić information content (AvgIpc) is 3.16. The van der Waals surface area contributed by atoms with Crippen molar-refractivity contribution in [2.45, 2.75) is 45.1 Å². The monoisotopic (exact) mass is 385 g/mol. The van der Waals surface area contributed by atoms with Crippen LogP contribution in [0, 0.1) is 5.92 Å². The lowest BCUT2D eigenvalue weighted by atomic mass is 9.96. The summed E-state index contributed by atoms with van der Waals surface area (Å²) in [5, 5.41) is 5.52. The van der Waals surface area contributed by atoms with Crippen molar-refractivity contribution in [2.24, 2.45) is 5.92 Å². The molecule has 2 fully saturated rings. The highest BCUT2D eigenvalue weighted by Gasteiger charge is 2.29. The van der Waals surface area contributed by atoms with Crippen molar-refractivity contribution in [3.63, 3.8) is 0 Å². The second-order valence-corrected chi connectivity index (χ2v) is 8.17. The van der Waals surface area contributed by atoms with Crippen LogP contribution in [0.5, 0.6) is 0 Å². The number of carbonyl (C=O) groups is 1. The zero-order chi connectivity index (χ0) is 16.8. The highest BCUT2D eigenvalue weighted by molar-refractivity contribution is 7.12. The van der Waals surface area contributed by atoms with Gasteiger partial charge in [0.1, 0.15) is 0 Å². The van der Waals surface area contributed by atoms with E-state index >= 15 is 0 Å². The van der Waals surface area contributed by atoms with E-state index in [9.17, 15) is 4.79 Å². The molecule has 4 nitrogen and oxygen atoms in total. The van der Waals surface area contributed by atoms with Gasteiger partial charge in [0.05, 0.1) is 4.88 Å². The first-order valence-corrected chi connectivity index (χ1v) is 10.4. The SMILES string of the molecule is CCCN(C(=O)c1cccs1)C1CCN(CC2CCCNC2)CC1.Cl. The first kappa shape index (κ1) is 20.7. The average molecular weight is 386 g/mol. The van der Waals surface area contributed by atoms with Crippen LogP contribution in [-0.2, 0) is 0 Å². The molecular formula is C19H32ClN3OS. The number of nitrogens with one attached hydrogen (secondary N) is 1. The van der Waals surface area contributed by atoms with Crippen molar-refractivity contribution in [2.75, 3.05) is 39.3 Å². The predicted octanol–water partition coefficient (Wildman–Crippen LogP) is 3.49. The fourth-order valence-electron chi connectivity index (χ4n) is 4.09. The Balaban J connectivity index is 0.00000225. The molecule has 0 saturated carbocycles. The number of rotatable bonds is 6. The lowest BCUT2D eigenvalue weighted by Gasteiger charge is -2.40. The van der Waals surface area contributed by atoms with Gasteiger partial charge >= 0.3 is 0 Å². The summed E-state index contributed by atoms with van der Waals surface area (Å²) in [6.07, 6.45) is 5.96. The third kappa shape index (κ3) is 5.68. The van der Waals surface area contributed by atoms with Crippen molar-refractivity contribution >= 4 is 29.7 Å². The molecule has 6 heteroatoms. The molecule has 25 heavy (non-hydrogen) atoms. The van der Waals surface area contributed by atoms with Gasteiger partial charge in [0.15, 0.2) is 0 Å². The van der Waals surface area contributed by atoms with E-state index in [-0.39, 0.29) is 18.3 Å². The zero-order valence-corrected chi connectivity index (χ0v) is 16.9. The summed E-state index contributed by atoms with van der Waals surface area (Å²) in [6, 6.07) is 4.35. The van der Waals surface area contributed by atoms with Gasteiger partial charge < -0.3 is 15.1 Å². The number of piperidine rings is 2. The topological polar surface area (TPSA) is 35.6 Å². The number of hydrogen-bond acceptors (Lipinski definition) is 4. The van der Waals surface area contributed by atoms with E-state index in [4.69, 9.17) is 0 Å². The fourth-order valence-corrected chi connectivity index (χ4v) is 4.77. The van der Waals surface area contributed by atoms with Crippen LogP contribution in [0.2, 0.25) is 0 Å². The standard InChI is InChI=1S/C19H31N3OS.ClH/c1-2-10-22(19(23)18-6-4-13-24-18)17-7-11-21(12-8-17)15-16-5-3-9-20-14-16;/h4,6,13,16-17,20H,2-3,5,7-12,14-15H2,1H3;1H. The van der Waals surface area contributed by atoms with Gasteiger partial charge in [-0.2, -0.15) is 0 Å². The summed E-state index contributed by atoms with van der Waals surface area (Å²) < 4.78 is 0. The number of hydrogen-bond donors (Lipinski definition) is 1. The molecule has 3 rings (SSSR count). The molecule has 142 valence electrons. The number of thiophene rings is 1. The van der Waals surface area contributed by atoms with Gasteiger partial charge in [0, 0.05) is 32.2 Å². The minimum Gasteiger partial charge on any atom is -0.335 e. The first-order chi connectivity index (χ1) is 11.8. The summed E-state index contributed by atoms with van der Waals surface area (Å²) in [6.45, 7) is 8.92. The van der Waals surface area contributed by atoms with Gasteiger partial charge in [-0.1, -0.05) is 13.0 Å². The molecule has 1 N–H and O–H groups in total. The summed E-state index contributed by atoms with van der Waals surface area (Å²) in [4.78, 5) is 18.5. The molecule has 1 amide bonds. The Morgan fingerprint density at radius 2 is 2.16 bits per heavy atom. The number of halogens is 1. The maximum Gasteiger partial charge on any atom is 0.264 e. The van der Waals surface area contributed by atoms with Crippen LogP contribution in [0.3, 0.4) is 0 Å². The number of carbonyl (C=O) groups excluding carboxylic acids is 1. The van der Waals surface area contributed by atoms with Gasteiger partial charge in [0.25, 0.3) is 5.91 Å². The molecule has 2 aliphatic heterocycles. The normalized spacial score (nSPS) is 22.4. The lowest BCUT2D eigenvalue weighted by molar-refractivity contribution is 0.0557. The Morgan fingerprint density at radius 1 is 1.36 bits per heavy atom. The molecule has 1 aromatic rings. The van der Waals surface area contributed by atoms with E-state index in [2.05, 4.69) is 22.0 Å². The lowest BCUT2D eigenvalue weighted by Crippen LogP contribution is -2.49. The second kappa shape index (κ2) is 10.5. The van der Waals surface area contributed by atoms with Crippen LogP contribution < -0.4 is 5.32 Å². The molecular weight excluding hydrogens is 354 g/mol. The van der Waals surface area contributed by atoms with Crippen molar-refractivity contribution < 1.29 is 4.79 Å². The molecule has 0 bridgehead atoms. The Labute approximate surface area is 162 Å². The third-order valence-electron chi connectivity index (χ3n) is 5.37. The molecule has 2 aliphatic rings. The van der Waals surface area contributed by atoms with Crippen molar-refractivity contribution in [1.29, 1.82) is 0 Å². The van der Waals surface area contributed by atoms with Crippen molar-refractivity contribution in [1.82, 2.24) is 15.1 Å². The van der Waals surface area contributed by atoms with Crippen molar-refractivity contribution in [3.05, 3.63) is 22.4 Å². The van der Waals surface area contributed by atoms with Crippen molar-refractivity contribution in [3.8, 4) is 0 Å². The summed E-state index contributed by atoms with van der Waals surface area (Å²) in [5.41, 5.74) is 0. The second-order valence-electron chi connectivity index (χ2n) is 7.22. The van der Waals surface area contributed by atoms with E-state index in [0.717, 1.165) is 49.7 Å². The third-order valence-corrected chi connectivity index (χ3v) is 6.23. The molecule has 1 unspecified atom stereocenters. The minimum absolute atomic E-state index is 0. The number of nitrogens with zero attached hydrogens (tertiary/aromatic N) is 2. The highest BCUT2D eigenvalue weighted by atomic mass is 35.5. The van der Waals surface area contributed by atoms with Crippen LogP contribution in [0.4, 0.5) is 0 Å². The Kier molecular flexibility index (Phi) is 8.70. The molecule has 3 heterocycles. The van der Waals surface area contributed by atoms with E-state index in [0.29, 0.717) is 6.04 Å². The maximum atomic E-state index is 12.8. The molecule has 0 spiro atoms. The van der Waals surface area contributed by atoms with Gasteiger partial charge in [-0.25, -0.2) is 0 Å². The zero-order valence-electron chi connectivity index (χ0n) is 15.3. The predicted molar refractivity (Wildman–Crippen MR) is 108 cm³/mol. The summed E-state index contributed by atoms with van der Waals surface area (Å²) >= 11 is 1.56. The van der Waals surface area contributed by atoms with E-state index in [1.807, 2.05) is 17.5 Å². The Hall–Kier alpha value is -0.620. The van der Waals surface area contributed by atoms with Gasteiger partial charge in [-0.05, 0) is 62.6 Å². The van der Waals surface area contributed by atoms with Crippen LogP contribution >= 0.6 is 23.7 Å². The van der Waals surface area contributed by atoms with Crippen LogP contribution in [0.25, 0.3) is 0 Å². The van der Waals surface area contributed by atoms with Gasteiger partial charge in [-0.3, -0.25) is 4.79 Å². The highest BCUT2D eigenvalue weighted by Crippen LogP contribution is 2.22. The molecule has 1 aromatic heterocycles. The molecule has 0 aromatic carbocycles. The molecule has 0 radical (unpaired) electrons. The summed E-state index contributed by atoms with van der Waals surface area (Å²) in [5.74, 6) is 1.05. The molecule has 1 atom stereocenters. The van der Waals surface area contributed by atoms with Crippen LogP contribution in [0.15, 0.2) is 17.5 Å². The van der Waals surface area contributed by atoms with Crippen LogP contribution in [0.1, 0.15) is 48.7 Å². The van der Waals surface area contributed by atoms with E-state index < -0.39 is 0 Å². The Morgan fingerprint density at radius 3 is 2.76 bits per heavy atom. The maximum absolute atomic E-state index is 12.8. The largest absolute Gasteiger partial charge is 0.335 e. The molecule has 2 saturated heterocycles. The number of amides is 1. The summed E-state index contributed by atoms with van der Waals surface area (Å²) in [7, 11) is 0. The van der Waals surface area contributed by atoms with Gasteiger partial charge in [0.2, 0.25) is 0 Å². The first-order valence-electron chi connectivity index (χ1n) is 9.55. The van der Waals surface area contributed by atoms with E-state index in [1.165, 1.54) is 32.5 Å². The van der Waals surface area contributed by atoms with E-state index in [1.54, 1.807) is 11.3 Å². The van der Waals surface area contributed by atoms with Crippen LogP contribution in [-0.4, -0.2) is 61.0 Å². The fraction of sp³-hybridized carbons (Fsp3) is 0.737. The van der Waals surface area contributed by atoms with Gasteiger partial charge in [-0.15, -0.1) is 23.7 Å². The molecule has 0 aliphatic carbocycles.